The minimum atomic E-state index is 0.735. The molecule has 0 heterocycles. The molecule has 0 unspecified atom stereocenters. The summed E-state index contributed by atoms with van der Waals surface area (Å²) in [5.74, 6) is 0.735. The van der Waals surface area contributed by atoms with E-state index >= 15 is 0 Å². The molecule has 2 heteroatoms. The fourth-order valence-corrected chi connectivity index (χ4v) is 1.34. The number of hydrogen-bond acceptors (Lipinski definition) is 1. The van der Waals surface area contributed by atoms with Crippen LogP contribution in [0.3, 0.4) is 0 Å². The molecule has 0 aromatic heterocycles. The molecule has 1 rings (SSSR count). The summed E-state index contributed by atoms with van der Waals surface area (Å²) in [5.41, 5.74) is 0. The normalized spacial score (nSPS) is 16.4. The zero-order valence-corrected chi connectivity index (χ0v) is 7.99. The molecule has 1 aliphatic rings. The van der Waals surface area contributed by atoms with E-state index in [9.17, 15) is 0 Å². The zero-order valence-electron chi connectivity index (χ0n) is 6.71. The van der Waals surface area contributed by atoms with E-state index in [1.165, 1.54) is 12.8 Å². The van der Waals surface area contributed by atoms with Crippen LogP contribution in [0.15, 0.2) is 12.7 Å². The Balaban J connectivity index is 1.93. The average Bonchev–Trinajstić information content (AvgIpc) is 2.79. The van der Waals surface area contributed by atoms with Gasteiger partial charge in [0.1, 0.15) is 0 Å². The van der Waals surface area contributed by atoms with Gasteiger partial charge in [0.2, 0.25) is 0 Å². The van der Waals surface area contributed by atoms with Crippen molar-refractivity contribution >= 4 is 4.57 Å². The van der Waals surface area contributed by atoms with Gasteiger partial charge in [-0.25, -0.2) is 0 Å². The molecular weight excluding hydrogens is 176 g/mol. The van der Waals surface area contributed by atoms with E-state index in [2.05, 4.69) is 22.4 Å². The van der Waals surface area contributed by atoms with Gasteiger partial charge >= 0.3 is 76.0 Å². The molecule has 1 aliphatic carbocycles. The predicted octanol–water partition coefficient (Wildman–Crippen LogP) is 2.06. The molecule has 0 amide bonds. The number of hydrogen-bond donors (Lipinski definition) is 0. The van der Waals surface area contributed by atoms with Crippen LogP contribution >= 0.6 is 0 Å². The molecule has 0 aliphatic heterocycles. The summed E-state index contributed by atoms with van der Waals surface area (Å²) in [5, 5.41) is 0. The van der Waals surface area contributed by atoms with Gasteiger partial charge in [0.15, 0.2) is 0 Å². The van der Waals surface area contributed by atoms with Crippen LogP contribution in [0.4, 0.5) is 0 Å². The minimum absolute atomic E-state index is 0.735. The second-order valence-electron chi connectivity index (χ2n) is 2.87. The second-order valence-corrected chi connectivity index (χ2v) is 3.50. The first-order chi connectivity index (χ1) is 5.34. The van der Waals surface area contributed by atoms with E-state index in [1.807, 2.05) is 6.08 Å². The summed E-state index contributed by atoms with van der Waals surface area (Å²) in [6, 6.07) is 0. The molecule has 1 fully saturated rings. The Morgan fingerprint density at radius 1 is 1.64 bits per heavy atom. The van der Waals surface area contributed by atoms with Crippen molar-refractivity contribution in [3.05, 3.63) is 12.7 Å². The molecule has 1 nitrogen and oxygen atoms in total. The fourth-order valence-electron chi connectivity index (χ4n) is 0.837. The SMILES string of the molecule is C=CCCCO[C](=[Cr])C1CC1. The molecule has 0 atom stereocenters. The van der Waals surface area contributed by atoms with Gasteiger partial charge < -0.3 is 0 Å². The molecule has 11 heavy (non-hydrogen) atoms. The van der Waals surface area contributed by atoms with Crippen LogP contribution < -0.4 is 0 Å². The van der Waals surface area contributed by atoms with Crippen molar-refractivity contribution in [1.82, 2.24) is 0 Å². The molecule has 0 N–H and O–H groups in total. The zero-order chi connectivity index (χ0) is 8.10. The van der Waals surface area contributed by atoms with Crippen LogP contribution in [-0.2, 0) is 20.6 Å². The first kappa shape index (κ1) is 9.19. The van der Waals surface area contributed by atoms with Crippen molar-refractivity contribution in [2.45, 2.75) is 25.7 Å². The Hall–Kier alpha value is 0.102. The number of allylic oxidation sites excluding steroid dienone is 1. The maximum absolute atomic E-state index is 5.48. The molecule has 62 valence electrons. The summed E-state index contributed by atoms with van der Waals surface area (Å²) in [6.07, 6.45) is 6.69. The first-order valence-corrected chi connectivity index (χ1v) is 4.76. The van der Waals surface area contributed by atoms with Crippen LogP contribution in [0.25, 0.3) is 0 Å². The van der Waals surface area contributed by atoms with Crippen LogP contribution in [0.2, 0.25) is 0 Å². The average molecular weight is 190 g/mol. The standard InChI is InChI=1S/C9H14O.Cr/c1-2-3-4-7-10-8-9-5-6-9;/h2,9H,1,3-7H2;. The van der Waals surface area contributed by atoms with Gasteiger partial charge in [-0.15, -0.1) is 0 Å². The predicted molar refractivity (Wildman–Crippen MR) is 43.1 cm³/mol. The number of rotatable bonds is 6. The molecular formula is C9H14CrO. The Morgan fingerprint density at radius 2 is 2.36 bits per heavy atom. The van der Waals surface area contributed by atoms with Gasteiger partial charge in [0.25, 0.3) is 0 Å². The van der Waals surface area contributed by atoms with E-state index in [4.69, 9.17) is 4.74 Å². The summed E-state index contributed by atoms with van der Waals surface area (Å²) < 4.78 is 6.60. The number of ether oxygens (including phenoxy) is 1. The van der Waals surface area contributed by atoms with Crippen molar-refractivity contribution in [1.29, 1.82) is 0 Å². The van der Waals surface area contributed by atoms with E-state index in [1.54, 1.807) is 0 Å². The van der Waals surface area contributed by atoms with Crippen molar-refractivity contribution in [3.8, 4) is 0 Å². The molecule has 1 saturated carbocycles. The molecule has 0 bridgehead atoms. The maximum atomic E-state index is 5.48. The Bertz CT molecular complexity index is 150. The van der Waals surface area contributed by atoms with Gasteiger partial charge in [0.05, 0.1) is 0 Å². The van der Waals surface area contributed by atoms with Gasteiger partial charge in [0, 0.05) is 0 Å². The first-order valence-electron chi connectivity index (χ1n) is 4.12. The molecule has 0 aromatic rings. The van der Waals surface area contributed by atoms with Crippen LogP contribution in [0.5, 0.6) is 0 Å². The Labute approximate surface area is 76.4 Å². The van der Waals surface area contributed by atoms with Crippen molar-refractivity contribution in [2.75, 3.05) is 6.61 Å². The van der Waals surface area contributed by atoms with Crippen LogP contribution in [0, 0.1) is 5.92 Å². The monoisotopic (exact) mass is 190 g/mol. The molecule has 0 saturated heterocycles. The van der Waals surface area contributed by atoms with Crippen molar-refractivity contribution in [3.63, 3.8) is 0 Å². The summed E-state index contributed by atoms with van der Waals surface area (Å²) >= 11 is 2.98. The second kappa shape index (κ2) is 4.88. The quantitative estimate of drug-likeness (QED) is 0.460. The molecule has 0 spiro atoms. The fraction of sp³-hybridized carbons (Fsp3) is 0.667. The summed E-state index contributed by atoms with van der Waals surface area (Å²) in [7, 11) is 0. The summed E-state index contributed by atoms with van der Waals surface area (Å²) in [6.45, 7) is 4.49. The number of unbranched alkanes of at least 4 members (excludes halogenated alkanes) is 1. The van der Waals surface area contributed by atoms with Crippen LogP contribution in [0.1, 0.15) is 25.7 Å². The van der Waals surface area contributed by atoms with Gasteiger partial charge in [-0.3, -0.25) is 0 Å². The van der Waals surface area contributed by atoms with E-state index in [0.717, 1.165) is 29.9 Å². The third-order valence-corrected chi connectivity index (χ3v) is 2.41. The topological polar surface area (TPSA) is 9.23 Å². The van der Waals surface area contributed by atoms with E-state index in [0.29, 0.717) is 0 Å². The van der Waals surface area contributed by atoms with Crippen molar-refractivity contribution < 1.29 is 20.6 Å². The molecule has 0 radical (unpaired) electrons. The van der Waals surface area contributed by atoms with Crippen LogP contribution in [-0.4, -0.2) is 11.2 Å². The molecule has 0 aromatic carbocycles. The third-order valence-electron chi connectivity index (χ3n) is 1.71. The Morgan fingerprint density at radius 3 is 2.91 bits per heavy atom. The van der Waals surface area contributed by atoms with Gasteiger partial charge in [-0.2, -0.15) is 0 Å². The van der Waals surface area contributed by atoms with E-state index < -0.39 is 0 Å². The Kier molecular flexibility index (Phi) is 4.07. The van der Waals surface area contributed by atoms with Gasteiger partial charge in [-0.1, -0.05) is 0 Å². The van der Waals surface area contributed by atoms with Crippen molar-refractivity contribution in [2.24, 2.45) is 5.92 Å². The van der Waals surface area contributed by atoms with Gasteiger partial charge in [-0.05, 0) is 0 Å². The third kappa shape index (κ3) is 3.86. The van der Waals surface area contributed by atoms with E-state index in [-0.39, 0.29) is 0 Å². The summed E-state index contributed by atoms with van der Waals surface area (Å²) in [4.78, 5) is 0.